The molecule has 0 atom stereocenters. The van der Waals surface area contributed by atoms with Gasteiger partial charge in [0.2, 0.25) is 0 Å². The molecule has 6 heteroatoms. The molecule has 0 aromatic carbocycles. The summed E-state index contributed by atoms with van der Waals surface area (Å²) in [7, 11) is 0. The van der Waals surface area contributed by atoms with E-state index in [1.807, 2.05) is 0 Å². The molecule has 0 aromatic heterocycles. The largest absolute Gasteiger partial charge is 0.338 e. The van der Waals surface area contributed by atoms with E-state index in [0.717, 1.165) is 25.9 Å². The zero-order valence-corrected chi connectivity index (χ0v) is 7.14. The zero-order valence-electron chi connectivity index (χ0n) is 5.43. The topological polar surface area (TPSA) is 52.9 Å². The highest BCUT2D eigenvalue weighted by atomic mass is 32.5. The summed E-state index contributed by atoms with van der Waals surface area (Å²) in [6, 6.07) is 0. The van der Waals surface area contributed by atoms with Crippen LogP contribution >= 0.6 is 6.72 Å². The van der Waals surface area contributed by atoms with Gasteiger partial charge < -0.3 is 9.79 Å². The molecule has 0 aliphatic carbocycles. The van der Waals surface area contributed by atoms with Crippen LogP contribution in [0.4, 0.5) is 0 Å². The maximum Gasteiger partial charge on any atom is 0.338 e. The van der Waals surface area contributed by atoms with Gasteiger partial charge in [0.1, 0.15) is 0 Å². The highest BCUT2D eigenvalue weighted by molar-refractivity contribution is 8.06. The number of hydroxylamine groups is 2. The minimum atomic E-state index is -3.46. The summed E-state index contributed by atoms with van der Waals surface area (Å²) in [5.41, 5.74) is 0. The molecule has 2 N–H and O–H groups in total. The van der Waals surface area contributed by atoms with Crippen molar-refractivity contribution in [1.29, 1.82) is 0 Å². The van der Waals surface area contributed by atoms with Crippen LogP contribution in [-0.4, -0.2) is 27.9 Å². The monoisotopic (exact) mass is 183 g/mol. The second kappa shape index (κ2) is 3.26. The molecular formula is C4H10NO3PS. The van der Waals surface area contributed by atoms with Crippen molar-refractivity contribution in [1.82, 2.24) is 5.06 Å². The molecule has 0 aromatic rings. The van der Waals surface area contributed by atoms with Crippen molar-refractivity contribution in [3.05, 3.63) is 0 Å². The molecule has 1 rings (SSSR count). The lowest BCUT2D eigenvalue weighted by molar-refractivity contribution is -0.0464. The maximum atomic E-state index is 8.70. The van der Waals surface area contributed by atoms with Gasteiger partial charge >= 0.3 is 6.72 Å². The van der Waals surface area contributed by atoms with E-state index in [1.54, 1.807) is 0 Å². The molecule has 1 heterocycles. The average Bonchev–Trinajstić information content (AvgIpc) is 2.12. The first-order valence-corrected chi connectivity index (χ1v) is 5.71. The minimum absolute atomic E-state index is 0.750. The van der Waals surface area contributed by atoms with E-state index >= 15 is 0 Å². The quantitative estimate of drug-likeness (QED) is 0.600. The minimum Gasteiger partial charge on any atom is -0.324 e. The van der Waals surface area contributed by atoms with Gasteiger partial charge in [-0.05, 0) is 24.6 Å². The Kier molecular flexibility index (Phi) is 2.80. The Hall–Kier alpha value is 0.490. The third-order valence-corrected chi connectivity index (χ3v) is 1.93. The lowest BCUT2D eigenvalue weighted by Crippen LogP contribution is -2.17. The summed E-state index contributed by atoms with van der Waals surface area (Å²) < 4.78 is 4.67. The normalized spacial score (nSPS) is 21.8. The summed E-state index contributed by atoms with van der Waals surface area (Å²) in [4.78, 5) is 17.4. The molecule has 0 unspecified atom stereocenters. The van der Waals surface area contributed by atoms with Crippen molar-refractivity contribution in [2.24, 2.45) is 0 Å². The van der Waals surface area contributed by atoms with Gasteiger partial charge in [0, 0.05) is 13.1 Å². The van der Waals surface area contributed by atoms with Crippen LogP contribution in [-0.2, 0) is 16.4 Å². The Morgan fingerprint density at radius 1 is 1.30 bits per heavy atom. The molecule has 0 amide bonds. The maximum absolute atomic E-state index is 8.70. The molecule has 0 spiro atoms. The van der Waals surface area contributed by atoms with Gasteiger partial charge in [0.15, 0.2) is 0 Å². The first-order chi connectivity index (χ1) is 4.58. The average molecular weight is 183 g/mol. The van der Waals surface area contributed by atoms with Gasteiger partial charge in [0.05, 0.1) is 0 Å². The van der Waals surface area contributed by atoms with Crippen LogP contribution in [0, 0.1) is 0 Å². The van der Waals surface area contributed by atoms with Crippen LogP contribution in [0.2, 0.25) is 0 Å². The van der Waals surface area contributed by atoms with Crippen LogP contribution < -0.4 is 0 Å². The highest BCUT2D eigenvalue weighted by Crippen LogP contribution is 2.38. The van der Waals surface area contributed by atoms with Gasteiger partial charge in [-0.1, -0.05) is 0 Å². The van der Waals surface area contributed by atoms with Gasteiger partial charge in [-0.25, -0.2) is 4.62 Å². The van der Waals surface area contributed by atoms with Crippen molar-refractivity contribution in [2.75, 3.05) is 13.1 Å². The van der Waals surface area contributed by atoms with Gasteiger partial charge in [-0.2, -0.15) is 5.06 Å². The molecule has 10 heavy (non-hydrogen) atoms. The Morgan fingerprint density at radius 2 is 1.80 bits per heavy atom. The Balaban J connectivity index is 2.31. The number of nitrogens with zero attached hydrogens (tertiary/aromatic N) is 1. The number of hydrogen-bond donors (Lipinski definition) is 2. The molecule has 60 valence electrons. The summed E-state index contributed by atoms with van der Waals surface area (Å²) >= 11 is 4.28. The van der Waals surface area contributed by atoms with Crippen molar-refractivity contribution >= 4 is 18.5 Å². The van der Waals surface area contributed by atoms with Crippen molar-refractivity contribution < 1.29 is 14.4 Å². The van der Waals surface area contributed by atoms with E-state index in [2.05, 4.69) is 16.4 Å². The van der Waals surface area contributed by atoms with Gasteiger partial charge in [0.25, 0.3) is 0 Å². The smallest absolute Gasteiger partial charge is 0.324 e. The number of hydrogen-bond acceptors (Lipinski definition) is 3. The fraction of sp³-hybridized carbons (Fsp3) is 1.00. The molecule has 1 saturated heterocycles. The van der Waals surface area contributed by atoms with Crippen LogP contribution in [0.5, 0.6) is 0 Å². The van der Waals surface area contributed by atoms with E-state index in [4.69, 9.17) is 9.79 Å². The second-order valence-electron chi connectivity index (χ2n) is 2.21. The fourth-order valence-corrected chi connectivity index (χ4v) is 1.67. The summed E-state index contributed by atoms with van der Waals surface area (Å²) in [5, 5.41) is 1.51. The molecule has 0 saturated carbocycles. The predicted octanol–water partition coefficient (Wildman–Crippen LogP) is 0.223. The van der Waals surface area contributed by atoms with E-state index < -0.39 is 6.72 Å². The second-order valence-corrected chi connectivity index (χ2v) is 4.78. The predicted molar refractivity (Wildman–Crippen MR) is 40.6 cm³/mol. The first-order valence-electron chi connectivity index (χ1n) is 3.08. The lowest BCUT2D eigenvalue weighted by atomic mass is 10.4. The number of rotatable bonds is 2. The molecule has 1 aliphatic rings. The van der Waals surface area contributed by atoms with Crippen LogP contribution in [0.3, 0.4) is 0 Å². The zero-order chi connectivity index (χ0) is 7.61. The van der Waals surface area contributed by atoms with Gasteiger partial charge in [-0.15, -0.1) is 0 Å². The Bertz CT molecular complexity index is 153. The SMILES string of the molecule is OP(O)(=S)ON1CCCC1. The molecule has 1 aliphatic heterocycles. The van der Waals surface area contributed by atoms with Gasteiger partial charge in [-0.3, -0.25) is 0 Å². The molecule has 1 fully saturated rings. The Morgan fingerprint density at radius 3 is 2.20 bits per heavy atom. The van der Waals surface area contributed by atoms with Crippen LogP contribution in [0.15, 0.2) is 0 Å². The molecule has 4 nitrogen and oxygen atoms in total. The molecule has 0 bridgehead atoms. The molecule has 0 radical (unpaired) electrons. The first kappa shape index (κ1) is 8.59. The third-order valence-electron chi connectivity index (χ3n) is 1.29. The third kappa shape index (κ3) is 3.05. The standard InChI is InChI=1S/C4H10NO3PS/c6-9(7,10)8-5-3-1-2-4-5/h1-4H2,(H2,6,7,10). The summed E-state index contributed by atoms with van der Waals surface area (Å²) in [6.45, 7) is -1.96. The Labute approximate surface area is 64.6 Å². The fourth-order valence-electron chi connectivity index (χ4n) is 0.920. The van der Waals surface area contributed by atoms with Crippen LogP contribution in [0.1, 0.15) is 12.8 Å². The highest BCUT2D eigenvalue weighted by Gasteiger charge is 2.18. The van der Waals surface area contributed by atoms with Crippen molar-refractivity contribution in [3.8, 4) is 0 Å². The lowest BCUT2D eigenvalue weighted by Gasteiger charge is -2.16. The van der Waals surface area contributed by atoms with E-state index in [9.17, 15) is 0 Å². The summed E-state index contributed by atoms with van der Waals surface area (Å²) in [5.74, 6) is 0. The van der Waals surface area contributed by atoms with E-state index in [1.165, 1.54) is 5.06 Å². The van der Waals surface area contributed by atoms with Crippen molar-refractivity contribution in [2.45, 2.75) is 12.8 Å². The van der Waals surface area contributed by atoms with E-state index in [-0.39, 0.29) is 0 Å². The van der Waals surface area contributed by atoms with E-state index in [0.29, 0.717) is 0 Å². The summed E-state index contributed by atoms with van der Waals surface area (Å²) in [6.07, 6.45) is 2.07. The molecular weight excluding hydrogens is 173 g/mol. The van der Waals surface area contributed by atoms with Crippen LogP contribution in [0.25, 0.3) is 0 Å². The van der Waals surface area contributed by atoms with Crippen molar-refractivity contribution in [3.63, 3.8) is 0 Å².